The Balaban J connectivity index is 2.03. The number of aliphatic imine (C=N–C) groups is 1. The number of amides is 1. The summed E-state index contributed by atoms with van der Waals surface area (Å²) in [6, 6.07) is 13.8. The van der Waals surface area contributed by atoms with Crippen molar-refractivity contribution in [3.63, 3.8) is 0 Å². The van der Waals surface area contributed by atoms with Crippen molar-refractivity contribution in [3.8, 4) is 16.5 Å². The lowest BCUT2D eigenvalue weighted by Crippen LogP contribution is -2.47. The highest BCUT2D eigenvalue weighted by Crippen LogP contribution is 2.36. The van der Waals surface area contributed by atoms with Gasteiger partial charge < -0.3 is 5.73 Å². The zero-order valence-corrected chi connectivity index (χ0v) is 13.7. The lowest BCUT2D eigenvalue weighted by molar-refractivity contribution is -0.128. The fourth-order valence-electron chi connectivity index (χ4n) is 2.64. The van der Waals surface area contributed by atoms with Gasteiger partial charge in [-0.1, -0.05) is 18.2 Å². The minimum atomic E-state index is -0.668. The van der Waals surface area contributed by atoms with E-state index in [0.29, 0.717) is 4.88 Å². The molecule has 1 unspecified atom stereocenters. The molecule has 23 heavy (non-hydrogen) atoms. The summed E-state index contributed by atoms with van der Waals surface area (Å²) in [7, 11) is 1.63. The molecule has 1 amide bonds. The number of guanidine groups is 1. The third-order valence-corrected chi connectivity index (χ3v) is 5.10. The molecule has 6 heteroatoms. The van der Waals surface area contributed by atoms with Crippen LogP contribution in [0.25, 0.3) is 10.4 Å². The number of hydrogen-bond acceptors (Lipinski definition) is 5. The van der Waals surface area contributed by atoms with Crippen molar-refractivity contribution >= 4 is 23.2 Å². The number of nitrogens with two attached hydrogens (primary N) is 1. The van der Waals surface area contributed by atoms with E-state index >= 15 is 0 Å². The summed E-state index contributed by atoms with van der Waals surface area (Å²) in [5, 5.41) is 8.97. The van der Waals surface area contributed by atoms with Gasteiger partial charge in [0.1, 0.15) is 10.9 Å². The molecule has 1 aliphatic heterocycles. The molecule has 0 saturated heterocycles. The van der Waals surface area contributed by atoms with Crippen LogP contribution in [0.5, 0.6) is 0 Å². The lowest BCUT2D eigenvalue weighted by atomic mass is 9.86. The normalized spacial score (nSPS) is 21.0. The van der Waals surface area contributed by atoms with Gasteiger partial charge in [0.05, 0.1) is 12.0 Å². The van der Waals surface area contributed by atoms with Crippen LogP contribution in [-0.2, 0) is 10.3 Å². The van der Waals surface area contributed by atoms with E-state index in [1.807, 2.05) is 43.3 Å². The van der Waals surface area contributed by atoms with E-state index in [0.717, 1.165) is 16.0 Å². The van der Waals surface area contributed by atoms with Gasteiger partial charge >= 0.3 is 0 Å². The molecule has 2 aromatic rings. The molecule has 1 aliphatic rings. The van der Waals surface area contributed by atoms with Gasteiger partial charge in [-0.3, -0.25) is 9.69 Å². The van der Waals surface area contributed by atoms with Crippen LogP contribution in [0.15, 0.2) is 41.4 Å². The first-order chi connectivity index (χ1) is 10.9. The highest BCUT2D eigenvalue weighted by Gasteiger charge is 2.36. The van der Waals surface area contributed by atoms with E-state index in [2.05, 4.69) is 11.1 Å². The summed E-state index contributed by atoms with van der Waals surface area (Å²) in [5.74, 6) is 0.185. The van der Waals surface area contributed by atoms with Crippen LogP contribution in [0.2, 0.25) is 0 Å². The van der Waals surface area contributed by atoms with Crippen molar-refractivity contribution < 1.29 is 4.79 Å². The fourth-order valence-corrected chi connectivity index (χ4v) is 3.43. The molecule has 1 aromatic heterocycles. The molecule has 1 aromatic carbocycles. The number of rotatable bonds is 2. The average Bonchev–Trinajstić information content (AvgIpc) is 3.02. The quantitative estimate of drug-likeness (QED) is 0.922. The number of carbonyl (C=O) groups excluding carboxylic acids is 1. The van der Waals surface area contributed by atoms with Crippen LogP contribution in [0.1, 0.15) is 23.8 Å². The highest BCUT2D eigenvalue weighted by atomic mass is 32.1. The Morgan fingerprint density at radius 2 is 2.17 bits per heavy atom. The Labute approximate surface area is 138 Å². The number of carbonyl (C=O) groups is 1. The van der Waals surface area contributed by atoms with Crippen LogP contribution < -0.4 is 5.73 Å². The first-order valence-electron chi connectivity index (χ1n) is 7.16. The molecule has 0 saturated carbocycles. The topological polar surface area (TPSA) is 82.5 Å². The maximum Gasteiger partial charge on any atom is 0.231 e. The Hall–Kier alpha value is -2.65. The Morgan fingerprint density at radius 3 is 2.83 bits per heavy atom. The summed E-state index contributed by atoms with van der Waals surface area (Å²) in [5.41, 5.74) is 7.15. The Morgan fingerprint density at radius 1 is 1.39 bits per heavy atom. The van der Waals surface area contributed by atoms with Gasteiger partial charge in [0.2, 0.25) is 5.91 Å². The van der Waals surface area contributed by atoms with Crippen LogP contribution in [0.4, 0.5) is 0 Å². The molecule has 0 radical (unpaired) electrons. The van der Waals surface area contributed by atoms with Crippen molar-refractivity contribution in [2.75, 3.05) is 7.05 Å². The third-order valence-electron chi connectivity index (χ3n) is 4.06. The van der Waals surface area contributed by atoms with E-state index < -0.39 is 5.54 Å². The third kappa shape index (κ3) is 2.71. The monoisotopic (exact) mass is 324 g/mol. The molecular weight excluding hydrogens is 308 g/mol. The molecule has 3 rings (SSSR count). The van der Waals surface area contributed by atoms with Crippen LogP contribution in [0.3, 0.4) is 0 Å². The summed E-state index contributed by atoms with van der Waals surface area (Å²) < 4.78 is 0. The number of nitriles is 1. The predicted molar refractivity (Wildman–Crippen MR) is 90.8 cm³/mol. The summed E-state index contributed by atoms with van der Waals surface area (Å²) >= 11 is 1.44. The van der Waals surface area contributed by atoms with E-state index in [1.54, 1.807) is 7.05 Å². The molecule has 0 bridgehead atoms. The van der Waals surface area contributed by atoms with Gasteiger partial charge in [-0.05, 0) is 36.2 Å². The van der Waals surface area contributed by atoms with Gasteiger partial charge in [0, 0.05) is 11.9 Å². The van der Waals surface area contributed by atoms with Crippen LogP contribution >= 0.6 is 11.3 Å². The molecule has 2 heterocycles. The maximum atomic E-state index is 12.1. The van der Waals surface area contributed by atoms with E-state index in [-0.39, 0.29) is 18.3 Å². The van der Waals surface area contributed by atoms with Crippen molar-refractivity contribution in [1.82, 2.24) is 4.90 Å². The highest BCUT2D eigenvalue weighted by molar-refractivity contribution is 7.16. The molecule has 0 spiro atoms. The molecule has 1 atom stereocenters. The van der Waals surface area contributed by atoms with Gasteiger partial charge in [-0.2, -0.15) is 5.26 Å². The van der Waals surface area contributed by atoms with Crippen molar-refractivity contribution in [3.05, 3.63) is 46.8 Å². The van der Waals surface area contributed by atoms with Gasteiger partial charge in [0.15, 0.2) is 5.96 Å². The second kappa shape index (κ2) is 5.52. The second-order valence-electron chi connectivity index (χ2n) is 5.73. The first kappa shape index (κ1) is 15.3. The first-order valence-corrected chi connectivity index (χ1v) is 7.97. The molecule has 0 aliphatic carbocycles. The molecular formula is C17H16N4OS. The van der Waals surface area contributed by atoms with Crippen molar-refractivity contribution in [2.24, 2.45) is 10.7 Å². The van der Waals surface area contributed by atoms with Crippen LogP contribution in [0, 0.1) is 11.3 Å². The predicted octanol–water partition coefficient (Wildman–Crippen LogP) is 2.68. The number of hydrogen-bond donors (Lipinski definition) is 1. The second-order valence-corrected chi connectivity index (χ2v) is 6.81. The van der Waals surface area contributed by atoms with Gasteiger partial charge in [-0.25, -0.2) is 4.99 Å². The zero-order chi connectivity index (χ0) is 16.6. The summed E-state index contributed by atoms with van der Waals surface area (Å²) in [4.78, 5) is 19.7. The minimum absolute atomic E-state index is 0.0479. The lowest BCUT2D eigenvalue weighted by Gasteiger charge is -2.33. The molecule has 0 fully saturated rings. The Kier molecular flexibility index (Phi) is 3.66. The standard InChI is InChI=1S/C17H16N4OS/c1-17(9-15(22)21(2)16(19)20-17)12-5-3-4-11(8-12)14-7-6-13(10-18)23-14/h3-8H,9H2,1-2H3,(H2,19,20). The molecule has 5 nitrogen and oxygen atoms in total. The largest absolute Gasteiger partial charge is 0.369 e. The summed E-state index contributed by atoms with van der Waals surface area (Å²) in [6.45, 7) is 1.92. The average molecular weight is 324 g/mol. The van der Waals surface area contributed by atoms with Gasteiger partial charge in [-0.15, -0.1) is 11.3 Å². The smallest absolute Gasteiger partial charge is 0.231 e. The van der Waals surface area contributed by atoms with E-state index in [4.69, 9.17) is 11.0 Å². The van der Waals surface area contributed by atoms with Crippen LogP contribution in [-0.4, -0.2) is 23.8 Å². The zero-order valence-electron chi connectivity index (χ0n) is 12.9. The van der Waals surface area contributed by atoms with Crippen molar-refractivity contribution in [2.45, 2.75) is 18.9 Å². The minimum Gasteiger partial charge on any atom is -0.369 e. The maximum absolute atomic E-state index is 12.1. The van der Waals surface area contributed by atoms with E-state index in [1.165, 1.54) is 16.2 Å². The Bertz CT molecular complexity index is 848. The SMILES string of the molecule is CN1C(=O)CC(C)(c2cccc(-c3ccc(C#N)s3)c2)N=C1N. The molecule has 116 valence electrons. The summed E-state index contributed by atoms with van der Waals surface area (Å²) in [6.07, 6.45) is 0.279. The van der Waals surface area contributed by atoms with Crippen molar-refractivity contribution in [1.29, 1.82) is 5.26 Å². The molecule has 2 N–H and O–H groups in total. The number of nitrogens with zero attached hydrogens (tertiary/aromatic N) is 3. The number of thiophene rings is 1. The van der Waals surface area contributed by atoms with E-state index in [9.17, 15) is 4.79 Å². The fraction of sp³-hybridized carbons (Fsp3) is 0.235. The van der Waals surface area contributed by atoms with Gasteiger partial charge in [0.25, 0.3) is 0 Å². The number of benzene rings is 1.